The zero-order valence-electron chi connectivity index (χ0n) is 12.6. The van der Waals surface area contributed by atoms with Crippen molar-refractivity contribution in [2.75, 3.05) is 5.32 Å². The Morgan fingerprint density at radius 1 is 1.29 bits per heavy atom. The summed E-state index contributed by atoms with van der Waals surface area (Å²) in [6.07, 6.45) is 1.74. The number of hydrogen-bond acceptors (Lipinski definition) is 6. The summed E-state index contributed by atoms with van der Waals surface area (Å²) in [6.45, 7) is 1.57. The molecule has 0 aliphatic heterocycles. The molecule has 2 heterocycles. The molecule has 3 rings (SSSR count). The molecule has 0 amide bonds. The molecular weight excluding hydrogens is 348 g/mol. The van der Waals surface area contributed by atoms with Crippen LogP contribution >= 0.6 is 23.4 Å². The Labute approximate surface area is 147 Å². The monoisotopic (exact) mass is 360 g/mol. The van der Waals surface area contributed by atoms with Crippen molar-refractivity contribution < 1.29 is 9.90 Å². The summed E-state index contributed by atoms with van der Waals surface area (Å²) >= 11 is 7.05. The van der Waals surface area contributed by atoms with Gasteiger partial charge in [-0.3, -0.25) is 9.78 Å². The maximum Gasteiger partial charge on any atom is 0.316 e. The Bertz CT molecular complexity index is 906. The van der Waals surface area contributed by atoms with Crippen LogP contribution in [0.1, 0.15) is 6.92 Å². The number of benzene rings is 1. The number of fused-ring (bicyclic) bond motifs is 1. The van der Waals surface area contributed by atoms with E-state index in [9.17, 15) is 4.79 Å². The lowest BCUT2D eigenvalue weighted by molar-refractivity contribution is -0.136. The van der Waals surface area contributed by atoms with Crippen LogP contribution in [0.4, 0.5) is 11.5 Å². The van der Waals surface area contributed by atoms with Crippen LogP contribution in [0.2, 0.25) is 5.15 Å². The van der Waals surface area contributed by atoms with Gasteiger partial charge in [0.05, 0.1) is 5.52 Å². The zero-order chi connectivity index (χ0) is 17.1. The first-order valence-corrected chi connectivity index (χ1v) is 8.33. The number of aliphatic carboxylic acids is 1. The van der Waals surface area contributed by atoms with Crippen molar-refractivity contribution in [3.05, 3.63) is 47.7 Å². The van der Waals surface area contributed by atoms with Gasteiger partial charge in [0.25, 0.3) is 0 Å². The number of carboxylic acid groups (broad SMARTS) is 1. The highest BCUT2D eigenvalue weighted by atomic mass is 35.5. The number of hydrogen-bond donors (Lipinski definition) is 2. The number of thioether (sulfide) groups is 1. The van der Waals surface area contributed by atoms with E-state index in [2.05, 4.69) is 20.3 Å². The summed E-state index contributed by atoms with van der Waals surface area (Å²) in [5, 5.41) is 13.0. The van der Waals surface area contributed by atoms with Gasteiger partial charge in [-0.05, 0) is 31.2 Å². The van der Waals surface area contributed by atoms with Gasteiger partial charge >= 0.3 is 5.97 Å². The molecule has 0 bridgehead atoms. The Kier molecular flexibility index (Phi) is 4.82. The van der Waals surface area contributed by atoms with E-state index < -0.39 is 11.2 Å². The number of pyridine rings is 1. The number of aromatic nitrogens is 3. The summed E-state index contributed by atoms with van der Waals surface area (Å²) in [7, 11) is 0. The highest BCUT2D eigenvalue weighted by Crippen LogP contribution is 2.26. The summed E-state index contributed by atoms with van der Waals surface area (Å²) in [5.41, 5.74) is 1.72. The van der Waals surface area contributed by atoms with Crippen LogP contribution in [0.3, 0.4) is 0 Å². The van der Waals surface area contributed by atoms with Gasteiger partial charge in [-0.1, -0.05) is 29.4 Å². The molecule has 0 aliphatic rings. The van der Waals surface area contributed by atoms with Crippen molar-refractivity contribution in [2.24, 2.45) is 0 Å². The minimum atomic E-state index is -0.930. The first kappa shape index (κ1) is 16.5. The molecule has 0 spiro atoms. The molecule has 0 fully saturated rings. The smallest absolute Gasteiger partial charge is 0.316 e. The molecule has 122 valence electrons. The van der Waals surface area contributed by atoms with Crippen LogP contribution in [0.15, 0.2) is 47.8 Å². The van der Waals surface area contributed by atoms with E-state index in [-0.39, 0.29) is 5.15 Å². The van der Waals surface area contributed by atoms with Crippen molar-refractivity contribution >= 4 is 51.7 Å². The third kappa shape index (κ3) is 3.93. The number of nitrogens with one attached hydrogen (secondary N) is 1. The van der Waals surface area contributed by atoms with Crippen LogP contribution < -0.4 is 5.32 Å². The van der Waals surface area contributed by atoms with Gasteiger partial charge < -0.3 is 10.4 Å². The van der Waals surface area contributed by atoms with E-state index in [1.165, 1.54) is 0 Å². The molecule has 1 aromatic carbocycles. The van der Waals surface area contributed by atoms with Crippen molar-refractivity contribution in [1.29, 1.82) is 0 Å². The predicted molar refractivity (Wildman–Crippen MR) is 95.0 cm³/mol. The van der Waals surface area contributed by atoms with Crippen molar-refractivity contribution in [3.63, 3.8) is 0 Å². The van der Waals surface area contributed by atoms with E-state index >= 15 is 0 Å². The highest BCUT2D eigenvalue weighted by molar-refractivity contribution is 8.00. The van der Waals surface area contributed by atoms with E-state index in [4.69, 9.17) is 16.7 Å². The molecule has 2 aromatic heterocycles. The average Bonchev–Trinajstić information content (AvgIpc) is 2.54. The van der Waals surface area contributed by atoms with Crippen LogP contribution in [-0.2, 0) is 4.79 Å². The molecule has 0 radical (unpaired) electrons. The topological polar surface area (TPSA) is 88.0 Å². The third-order valence-electron chi connectivity index (χ3n) is 3.18. The quantitative estimate of drug-likeness (QED) is 0.404. The lowest BCUT2D eigenvalue weighted by Crippen LogP contribution is -2.12. The number of anilines is 2. The molecule has 0 saturated carbocycles. The summed E-state index contributed by atoms with van der Waals surface area (Å²) in [4.78, 5) is 23.6. The van der Waals surface area contributed by atoms with Gasteiger partial charge in [-0.2, -0.15) is 0 Å². The SMILES string of the molecule is CC(Sc1nc(Cl)cc(Nc2ccc3ncccc3c2)n1)C(=O)O. The maximum atomic E-state index is 11.0. The molecule has 6 nitrogen and oxygen atoms in total. The van der Waals surface area contributed by atoms with E-state index in [0.717, 1.165) is 28.4 Å². The van der Waals surface area contributed by atoms with Crippen molar-refractivity contribution in [1.82, 2.24) is 15.0 Å². The van der Waals surface area contributed by atoms with Gasteiger partial charge in [0.1, 0.15) is 16.2 Å². The fraction of sp³-hybridized carbons (Fsp3) is 0.125. The number of rotatable bonds is 5. The van der Waals surface area contributed by atoms with Crippen LogP contribution in [0.25, 0.3) is 10.9 Å². The lowest BCUT2D eigenvalue weighted by Gasteiger charge is -2.09. The second kappa shape index (κ2) is 7.02. The Morgan fingerprint density at radius 2 is 2.12 bits per heavy atom. The standard InChI is InChI=1S/C16H13ClN4O2S/c1-9(15(22)23)24-16-20-13(17)8-14(21-16)19-11-4-5-12-10(7-11)3-2-6-18-12/h2-9H,1H3,(H,22,23)(H,19,20,21). The molecule has 2 N–H and O–H groups in total. The van der Waals surface area contributed by atoms with E-state index in [1.54, 1.807) is 19.2 Å². The third-order valence-corrected chi connectivity index (χ3v) is 4.32. The van der Waals surface area contributed by atoms with Gasteiger partial charge in [-0.15, -0.1) is 0 Å². The first-order valence-electron chi connectivity index (χ1n) is 7.07. The second-order valence-electron chi connectivity index (χ2n) is 4.99. The molecule has 8 heteroatoms. The largest absolute Gasteiger partial charge is 0.480 e. The van der Waals surface area contributed by atoms with Gasteiger partial charge in [0, 0.05) is 23.3 Å². The maximum absolute atomic E-state index is 11.0. The summed E-state index contributed by atoms with van der Waals surface area (Å²) in [5.74, 6) is -0.432. The summed E-state index contributed by atoms with van der Waals surface area (Å²) in [6, 6.07) is 11.2. The Balaban J connectivity index is 1.85. The van der Waals surface area contributed by atoms with Crippen LogP contribution in [0, 0.1) is 0 Å². The second-order valence-corrected chi connectivity index (χ2v) is 6.69. The lowest BCUT2D eigenvalue weighted by atomic mass is 10.2. The van der Waals surface area contributed by atoms with E-state index in [1.807, 2.05) is 30.3 Å². The Hall–Kier alpha value is -2.38. The normalized spacial score (nSPS) is 12.1. The van der Waals surface area contributed by atoms with Crippen molar-refractivity contribution in [2.45, 2.75) is 17.3 Å². The molecule has 0 saturated heterocycles. The summed E-state index contributed by atoms with van der Waals surface area (Å²) < 4.78 is 0. The number of carboxylic acids is 1. The minimum Gasteiger partial charge on any atom is -0.480 e. The molecule has 24 heavy (non-hydrogen) atoms. The van der Waals surface area contributed by atoms with E-state index in [0.29, 0.717) is 11.0 Å². The number of halogens is 1. The van der Waals surface area contributed by atoms with Crippen LogP contribution in [-0.4, -0.2) is 31.3 Å². The fourth-order valence-corrected chi connectivity index (χ4v) is 2.98. The minimum absolute atomic E-state index is 0.245. The first-order chi connectivity index (χ1) is 11.5. The van der Waals surface area contributed by atoms with Crippen LogP contribution in [0.5, 0.6) is 0 Å². The Morgan fingerprint density at radius 3 is 2.92 bits per heavy atom. The molecule has 0 aliphatic carbocycles. The molecule has 3 aromatic rings. The molecular formula is C16H13ClN4O2S. The average molecular weight is 361 g/mol. The highest BCUT2D eigenvalue weighted by Gasteiger charge is 2.15. The zero-order valence-corrected chi connectivity index (χ0v) is 14.2. The fourth-order valence-electron chi connectivity index (χ4n) is 2.02. The number of nitrogens with zero attached hydrogens (tertiary/aromatic N) is 3. The number of carbonyl (C=O) groups is 1. The van der Waals surface area contributed by atoms with Gasteiger partial charge in [-0.25, -0.2) is 9.97 Å². The van der Waals surface area contributed by atoms with Crippen molar-refractivity contribution in [3.8, 4) is 0 Å². The van der Waals surface area contributed by atoms with Gasteiger partial charge in [0.15, 0.2) is 5.16 Å². The molecule has 1 unspecified atom stereocenters. The predicted octanol–water partition coefficient (Wildman–Crippen LogP) is 3.99. The molecule has 1 atom stereocenters. The van der Waals surface area contributed by atoms with Gasteiger partial charge in [0.2, 0.25) is 0 Å².